The zero-order valence-electron chi connectivity index (χ0n) is 15.8. The number of amides is 2. The molecule has 1 aliphatic rings. The van der Waals surface area contributed by atoms with Gasteiger partial charge < -0.3 is 20.1 Å². The van der Waals surface area contributed by atoms with Gasteiger partial charge in [0, 0.05) is 12.6 Å². The van der Waals surface area contributed by atoms with Gasteiger partial charge >= 0.3 is 6.03 Å². The van der Waals surface area contributed by atoms with Crippen molar-refractivity contribution in [1.82, 2.24) is 10.6 Å². The molecule has 0 atom stereocenters. The van der Waals surface area contributed by atoms with Gasteiger partial charge in [-0.3, -0.25) is 0 Å². The molecule has 1 aliphatic carbocycles. The van der Waals surface area contributed by atoms with Crippen molar-refractivity contribution in [2.45, 2.75) is 65.0 Å². The van der Waals surface area contributed by atoms with Crippen LogP contribution in [0.2, 0.25) is 0 Å². The lowest BCUT2D eigenvalue weighted by Crippen LogP contribution is -2.42. The van der Waals surface area contributed by atoms with Gasteiger partial charge in [0.15, 0.2) is 11.5 Å². The number of benzene rings is 1. The van der Waals surface area contributed by atoms with Crippen LogP contribution in [0.3, 0.4) is 0 Å². The fraction of sp³-hybridized carbons (Fsp3) is 0.650. The molecule has 5 heteroatoms. The summed E-state index contributed by atoms with van der Waals surface area (Å²) in [6, 6.07) is 6.03. The van der Waals surface area contributed by atoms with Gasteiger partial charge in [-0.05, 0) is 42.9 Å². The number of rotatable bonds is 8. The Balaban J connectivity index is 1.81. The highest BCUT2D eigenvalue weighted by molar-refractivity contribution is 5.74. The maximum absolute atomic E-state index is 12.0. The summed E-state index contributed by atoms with van der Waals surface area (Å²) >= 11 is 0. The van der Waals surface area contributed by atoms with Crippen molar-refractivity contribution in [1.29, 1.82) is 0 Å². The van der Waals surface area contributed by atoms with Gasteiger partial charge in [0.05, 0.1) is 13.7 Å². The zero-order chi connectivity index (χ0) is 18.1. The van der Waals surface area contributed by atoms with Gasteiger partial charge in [0.25, 0.3) is 0 Å². The average molecular weight is 348 g/mol. The maximum atomic E-state index is 12.0. The first-order valence-corrected chi connectivity index (χ1v) is 9.42. The molecule has 1 aromatic rings. The van der Waals surface area contributed by atoms with Gasteiger partial charge in [-0.2, -0.15) is 0 Å². The molecule has 1 fully saturated rings. The van der Waals surface area contributed by atoms with E-state index in [1.165, 1.54) is 19.3 Å². The van der Waals surface area contributed by atoms with Crippen LogP contribution in [0.4, 0.5) is 4.79 Å². The Morgan fingerprint density at radius 2 is 1.96 bits per heavy atom. The molecule has 5 nitrogen and oxygen atoms in total. The number of ether oxygens (including phenoxy) is 2. The van der Waals surface area contributed by atoms with Gasteiger partial charge in [-0.1, -0.05) is 39.2 Å². The zero-order valence-corrected chi connectivity index (χ0v) is 15.8. The molecule has 0 spiro atoms. The summed E-state index contributed by atoms with van der Waals surface area (Å²) < 4.78 is 11.2. The highest BCUT2D eigenvalue weighted by atomic mass is 16.5. The quantitative estimate of drug-likeness (QED) is 0.738. The normalized spacial score (nSPS) is 15.0. The fourth-order valence-electron chi connectivity index (χ4n) is 3.01. The molecule has 0 saturated heterocycles. The number of carbonyl (C=O) groups excluding carboxylic acids is 1. The molecule has 0 aliphatic heterocycles. The van der Waals surface area contributed by atoms with Crippen LogP contribution in [0, 0.1) is 5.92 Å². The average Bonchev–Trinajstić information content (AvgIpc) is 2.61. The Bertz CT molecular complexity index is 540. The first kappa shape index (κ1) is 19.4. The molecule has 2 N–H and O–H groups in total. The van der Waals surface area contributed by atoms with E-state index in [9.17, 15) is 4.79 Å². The lowest BCUT2D eigenvalue weighted by atomic mass is 9.96. The highest BCUT2D eigenvalue weighted by Crippen LogP contribution is 2.28. The summed E-state index contributed by atoms with van der Waals surface area (Å²) in [6.45, 7) is 5.50. The number of hydrogen-bond acceptors (Lipinski definition) is 3. The van der Waals surface area contributed by atoms with Crippen LogP contribution in [0.15, 0.2) is 18.2 Å². The molecule has 2 rings (SSSR count). The molecule has 1 saturated carbocycles. The van der Waals surface area contributed by atoms with E-state index >= 15 is 0 Å². The lowest BCUT2D eigenvalue weighted by Gasteiger charge is -2.22. The van der Waals surface area contributed by atoms with Crippen molar-refractivity contribution < 1.29 is 14.3 Å². The monoisotopic (exact) mass is 348 g/mol. The molecule has 25 heavy (non-hydrogen) atoms. The van der Waals surface area contributed by atoms with Gasteiger partial charge in [0.1, 0.15) is 0 Å². The molecule has 2 amide bonds. The molecule has 0 radical (unpaired) electrons. The predicted molar refractivity (Wildman–Crippen MR) is 100 cm³/mol. The minimum absolute atomic E-state index is 0.0943. The molecule has 140 valence electrons. The standard InChI is InChI=1S/C20H32N2O3/c1-15(2)11-12-25-18-10-9-16(13-19(18)24-3)14-21-20(23)22-17-7-5-4-6-8-17/h9-10,13,15,17H,4-8,11-12,14H2,1-3H3,(H2,21,22,23). The summed E-state index contributed by atoms with van der Waals surface area (Å²) in [5.41, 5.74) is 0.992. The molecule has 1 aromatic carbocycles. The van der Waals surface area contributed by atoms with E-state index in [1.807, 2.05) is 18.2 Å². The van der Waals surface area contributed by atoms with Crippen molar-refractivity contribution in [3.8, 4) is 11.5 Å². The van der Waals surface area contributed by atoms with Crippen LogP contribution in [0.5, 0.6) is 11.5 Å². The van der Waals surface area contributed by atoms with Crippen LogP contribution in [-0.4, -0.2) is 25.8 Å². The van der Waals surface area contributed by atoms with Gasteiger partial charge in [0.2, 0.25) is 0 Å². The second-order valence-electron chi connectivity index (χ2n) is 7.18. The summed E-state index contributed by atoms with van der Waals surface area (Å²) in [4.78, 5) is 12.0. The Kier molecular flexibility index (Phi) is 7.89. The van der Waals surface area contributed by atoms with E-state index in [0.717, 1.165) is 30.6 Å². The number of carbonyl (C=O) groups is 1. The third-order valence-electron chi connectivity index (χ3n) is 4.57. The maximum Gasteiger partial charge on any atom is 0.315 e. The third kappa shape index (κ3) is 6.85. The van der Waals surface area contributed by atoms with E-state index in [1.54, 1.807) is 7.11 Å². The van der Waals surface area contributed by atoms with E-state index in [-0.39, 0.29) is 6.03 Å². The summed E-state index contributed by atoms with van der Waals surface area (Å²) in [5, 5.41) is 5.99. The van der Waals surface area contributed by atoms with Crippen molar-refractivity contribution in [2.75, 3.05) is 13.7 Å². The molecular weight excluding hydrogens is 316 g/mol. The minimum Gasteiger partial charge on any atom is -0.493 e. The Morgan fingerprint density at radius 3 is 2.64 bits per heavy atom. The van der Waals surface area contributed by atoms with Crippen LogP contribution in [0.25, 0.3) is 0 Å². The Labute approximate surface area is 151 Å². The first-order valence-electron chi connectivity index (χ1n) is 9.42. The van der Waals surface area contributed by atoms with Gasteiger partial charge in [-0.25, -0.2) is 4.79 Å². The molecular formula is C20H32N2O3. The minimum atomic E-state index is -0.0943. The predicted octanol–water partition coefficient (Wildman–Crippen LogP) is 4.25. The topological polar surface area (TPSA) is 59.6 Å². The summed E-state index contributed by atoms with van der Waals surface area (Å²) in [6.07, 6.45) is 6.88. The van der Waals surface area contributed by atoms with Crippen molar-refractivity contribution in [2.24, 2.45) is 5.92 Å². The third-order valence-corrected chi connectivity index (χ3v) is 4.57. The molecule has 0 aromatic heterocycles. The summed E-state index contributed by atoms with van der Waals surface area (Å²) in [5.74, 6) is 2.06. The number of urea groups is 1. The van der Waals surface area contributed by atoms with Crippen LogP contribution >= 0.6 is 0 Å². The summed E-state index contributed by atoms with van der Waals surface area (Å²) in [7, 11) is 1.64. The van der Waals surface area contributed by atoms with Crippen LogP contribution < -0.4 is 20.1 Å². The second-order valence-corrected chi connectivity index (χ2v) is 7.18. The SMILES string of the molecule is COc1cc(CNC(=O)NC2CCCCC2)ccc1OCCC(C)C. The Morgan fingerprint density at radius 1 is 1.20 bits per heavy atom. The molecule has 0 bridgehead atoms. The van der Waals surface area contributed by atoms with E-state index in [4.69, 9.17) is 9.47 Å². The van der Waals surface area contributed by atoms with Crippen LogP contribution in [0.1, 0.15) is 57.9 Å². The van der Waals surface area contributed by atoms with Crippen molar-refractivity contribution in [3.05, 3.63) is 23.8 Å². The first-order chi connectivity index (χ1) is 12.1. The smallest absolute Gasteiger partial charge is 0.315 e. The van der Waals surface area contributed by atoms with Crippen LogP contribution in [-0.2, 0) is 6.54 Å². The molecule has 0 unspecified atom stereocenters. The lowest BCUT2D eigenvalue weighted by molar-refractivity contribution is 0.232. The largest absolute Gasteiger partial charge is 0.493 e. The second kappa shape index (κ2) is 10.2. The highest BCUT2D eigenvalue weighted by Gasteiger charge is 2.15. The van der Waals surface area contributed by atoms with E-state index in [0.29, 0.717) is 30.9 Å². The van der Waals surface area contributed by atoms with E-state index in [2.05, 4.69) is 24.5 Å². The van der Waals surface area contributed by atoms with E-state index < -0.39 is 0 Å². The number of nitrogens with one attached hydrogen (secondary N) is 2. The Hall–Kier alpha value is -1.91. The number of methoxy groups -OCH3 is 1. The van der Waals surface area contributed by atoms with Gasteiger partial charge in [-0.15, -0.1) is 0 Å². The van der Waals surface area contributed by atoms with Crippen molar-refractivity contribution in [3.63, 3.8) is 0 Å². The number of hydrogen-bond donors (Lipinski definition) is 2. The van der Waals surface area contributed by atoms with Crippen molar-refractivity contribution >= 4 is 6.03 Å². The fourth-order valence-corrected chi connectivity index (χ4v) is 3.01. The molecule has 0 heterocycles.